The highest BCUT2D eigenvalue weighted by Crippen LogP contribution is 2.13. The molecule has 0 aromatic carbocycles. The van der Waals surface area contributed by atoms with E-state index in [-0.39, 0.29) is 31.1 Å². The molecule has 0 saturated heterocycles. The second kappa shape index (κ2) is 53.7. The molecule has 0 rings (SSSR count). The lowest BCUT2D eigenvalue weighted by Gasteiger charge is -2.18. The fourth-order valence-electron chi connectivity index (χ4n) is 6.97. The molecule has 66 heavy (non-hydrogen) atoms. The monoisotopic (exact) mass is 915 g/mol. The van der Waals surface area contributed by atoms with Gasteiger partial charge in [0.2, 0.25) is 0 Å². The highest BCUT2D eigenvalue weighted by molar-refractivity contribution is 5.71. The zero-order valence-electron chi connectivity index (χ0n) is 42.7. The third-order valence-corrected chi connectivity index (χ3v) is 11.0. The standard InChI is InChI=1S/C60H98O6/c1-4-7-10-13-16-19-22-23-24-25-26-27-28-29-30-31-32-33-34-35-36-37-39-41-44-47-50-53-59(62)65-56-57(55-64-58(61)52-49-46-43-40-21-18-15-12-9-6-3)66-60(63)54-51-48-45-42-38-20-17-14-11-8-5-2/h7,10,14,16-17,19,23-24,26-27,29-30,32-33,35-36,39,41,57H,4-6,8-9,11-13,15,18,20-22,25,28,31,34,37-38,40,42-56H2,1-3H3/b10-7-,17-14-,19-16-,24-23-,27-26-,30-29-,33-32-,36-35-,41-39-. The van der Waals surface area contributed by atoms with Crippen LogP contribution < -0.4 is 0 Å². The van der Waals surface area contributed by atoms with Crippen molar-refractivity contribution in [2.24, 2.45) is 0 Å². The summed E-state index contributed by atoms with van der Waals surface area (Å²) in [5.74, 6) is -0.958. The van der Waals surface area contributed by atoms with Gasteiger partial charge in [-0.2, -0.15) is 0 Å². The van der Waals surface area contributed by atoms with E-state index in [2.05, 4.69) is 130 Å². The minimum atomic E-state index is -0.798. The minimum Gasteiger partial charge on any atom is -0.462 e. The Hall–Kier alpha value is -3.93. The SMILES string of the molecule is CC/C=C\C/C=C\C/C=C\C/C=C\C/C=C\C/C=C\C/C=C\C/C=C\CCCCC(=O)OCC(COC(=O)CCCCCCCCCCCC)OC(=O)CCCCCCC/C=C\CCCC. The van der Waals surface area contributed by atoms with Gasteiger partial charge in [-0.15, -0.1) is 0 Å². The largest absolute Gasteiger partial charge is 0.462 e. The first-order valence-electron chi connectivity index (χ1n) is 26.9. The molecule has 0 amide bonds. The summed E-state index contributed by atoms with van der Waals surface area (Å²) in [5, 5.41) is 0. The third kappa shape index (κ3) is 51.1. The Balaban J connectivity index is 4.35. The first-order valence-corrected chi connectivity index (χ1v) is 26.9. The lowest BCUT2D eigenvalue weighted by atomic mass is 10.1. The summed E-state index contributed by atoms with van der Waals surface area (Å²) in [6.45, 7) is 6.41. The van der Waals surface area contributed by atoms with Crippen LogP contribution in [0.3, 0.4) is 0 Å². The van der Waals surface area contributed by atoms with Crippen LogP contribution in [-0.4, -0.2) is 37.2 Å². The van der Waals surface area contributed by atoms with Gasteiger partial charge in [-0.3, -0.25) is 14.4 Å². The Kier molecular flexibility index (Phi) is 50.5. The lowest BCUT2D eigenvalue weighted by Crippen LogP contribution is -2.30. The zero-order chi connectivity index (χ0) is 47.9. The van der Waals surface area contributed by atoms with Crippen LogP contribution in [0.4, 0.5) is 0 Å². The highest BCUT2D eigenvalue weighted by atomic mass is 16.6. The summed E-state index contributed by atoms with van der Waals surface area (Å²) >= 11 is 0. The van der Waals surface area contributed by atoms with Crippen molar-refractivity contribution in [1.29, 1.82) is 0 Å². The average Bonchev–Trinajstić information content (AvgIpc) is 3.31. The van der Waals surface area contributed by atoms with Crippen LogP contribution in [0.1, 0.15) is 233 Å². The van der Waals surface area contributed by atoms with Crippen LogP contribution >= 0.6 is 0 Å². The van der Waals surface area contributed by atoms with E-state index in [9.17, 15) is 14.4 Å². The number of hydrogen-bond acceptors (Lipinski definition) is 6. The number of ether oxygens (including phenoxy) is 3. The van der Waals surface area contributed by atoms with Crippen molar-refractivity contribution >= 4 is 17.9 Å². The van der Waals surface area contributed by atoms with Gasteiger partial charge in [0, 0.05) is 19.3 Å². The van der Waals surface area contributed by atoms with Gasteiger partial charge in [0.05, 0.1) is 0 Å². The van der Waals surface area contributed by atoms with Gasteiger partial charge in [-0.25, -0.2) is 0 Å². The van der Waals surface area contributed by atoms with Crippen molar-refractivity contribution < 1.29 is 28.6 Å². The van der Waals surface area contributed by atoms with Gasteiger partial charge in [0.1, 0.15) is 13.2 Å². The van der Waals surface area contributed by atoms with E-state index in [0.717, 1.165) is 122 Å². The van der Waals surface area contributed by atoms with Gasteiger partial charge in [0.25, 0.3) is 0 Å². The first kappa shape index (κ1) is 62.1. The molecule has 0 radical (unpaired) electrons. The molecule has 0 fully saturated rings. The molecule has 6 heteroatoms. The number of carbonyl (C=O) groups excluding carboxylic acids is 3. The number of unbranched alkanes of at least 4 members (excludes halogenated alkanes) is 18. The average molecular weight is 915 g/mol. The van der Waals surface area contributed by atoms with Crippen molar-refractivity contribution in [2.45, 2.75) is 239 Å². The van der Waals surface area contributed by atoms with Crippen LogP contribution in [0.2, 0.25) is 0 Å². The van der Waals surface area contributed by atoms with E-state index in [1.54, 1.807) is 0 Å². The van der Waals surface area contributed by atoms with E-state index < -0.39 is 6.10 Å². The molecule has 0 aliphatic rings. The van der Waals surface area contributed by atoms with Crippen molar-refractivity contribution in [3.63, 3.8) is 0 Å². The zero-order valence-corrected chi connectivity index (χ0v) is 42.7. The lowest BCUT2D eigenvalue weighted by molar-refractivity contribution is -0.167. The predicted octanol–water partition coefficient (Wildman–Crippen LogP) is 17.9. The number of hydrogen-bond donors (Lipinski definition) is 0. The maximum absolute atomic E-state index is 12.7. The molecule has 0 bridgehead atoms. The van der Waals surface area contributed by atoms with E-state index >= 15 is 0 Å². The molecule has 0 heterocycles. The smallest absolute Gasteiger partial charge is 0.306 e. The second-order valence-electron chi connectivity index (χ2n) is 17.4. The number of allylic oxidation sites excluding steroid dienone is 18. The molecule has 6 nitrogen and oxygen atoms in total. The molecule has 374 valence electrons. The Morgan fingerprint density at radius 2 is 0.606 bits per heavy atom. The molecule has 0 N–H and O–H groups in total. The summed E-state index contributed by atoms with van der Waals surface area (Å²) < 4.78 is 16.7. The quantitative estimate of drug-likeness (QED) is 0.0262. The number of esters is 3. The van der Waals surface area contributed by atoms with Crippen molar-refractivity contribution in [1.82, 2.24) is 0 Å². The van der Waals surface area contributed by atoms with Crippen LogP contribution in [0.15, 0.2) is 109 Å². The Morgan fingerprint density at radius 1 is 0.318 bits per heavy atom. The van der Waals surface area contributed by atoms with Crippen LogP contribution in [-0.2, 0) is 28.6 Å². The van der Waals surface area contributed by atoms with E-state index in [4.69, 9.17) is 14.2 Å². The minimum absolute atomic E-state index is 0.0952. The summed E-state index contributed by atoms with van der Waals surface area (Å²) in [4.78, 5) is 37.9. The normalized spacial score (nSPS) is 13.0. The summed E-state index contributed by atoms with van der Waals surface area (Å²) in [6.07, 6.45) is 72.3. The Bertz CT molecular complexity index is 1370. The summed E-state index contributed by atoms with van der Waals surface area (Å²) in [6, 6.07) is 0. The molecule has 0 aromatic heterocycles. The van der Waals surface area contributed by atoms with Crippen LogP contribution in [0.25, 0.3) is 0 Å². The summed E-state index contributed by atoms with van der Waals surface area (Å²) in [5.41, 5.74) is 0. The number of rotatable bonds is 47. The van der Waals surface area contributed by atoms with Gasteiger partial charge in [-0.05, 0) is 103 Å². The fourth-order valence-corrected chi connectivity index (χ4v) is 6.97. The van der Waals surface area contributed by atoms with E-state index in [1.807, 2.05) is 0 Å². The molecule has 0 aliphatic heterocycles. The Morgan fingerprint density at radius 3 is 1.02 bits per heavy atom. The van der Waals surface area contributed by atoms with Crippen molar-refractivity contribution in [2.75, 3.05) is 13.2 Å². The molecule has 0 aliphatic carbocycles. The predicted molar refractivity (Wildman–Crippen MR) is 283 cm³/mol. The topological polar surface area (TPSA) is 78.9 Å². The van der Waals surface area contributed by atoms with Gasteiger partial charge < -0.3 is 14.2 Å². The molecule has 0 spiro atoms. The van der Waals surface area contributed by atoms with E-state index in [1.165, 1.54) is 70.6 Å². The molecular weight excluding hydrogens is 817 g/mol. The molecule has 1 unspecified atom stereocenters. The third-order valence-electron chi connectivity index (χ3n) is 11.0. The highest BCUT2D eigenvalue weighted by Gasteiger charge is 2.19. The second-order valence-corrected chi connectivity index (χ2v) is 17.4. The number of carbonyl (C=O) groups is 3. The molecule has 0 saturated carbocycles. The molecule has 0 aromatic rings. The maximum Gasteiger partial charge on any atom is 0.306 e. The first-order chi connectivity index (χ1) is 32.5. The van der Waals surface area contributed by atoms with Crippen molar-refractivity contribution in [3.8, 4) is 0 Å². The maximum atomic E-state index is 12.7. The summed E-state index contributed by atoms with van der Waals surface area (Å²) in [7, 11) is 0. The van der Waals surface area contributed by atoms with Crippen LogP contribution in [0, 0.1) is 0 Å². The fraction of sp³-hybridized carbons (Fsp3) is 0.650. The van der Waals surface area contributed by atoms with Gasteiger partial charge in [0.15, 0.2) is 6.10 Å². The Labute approximate surface area is 406 Å². The van der Waals surface area contributed by atoms with Crippen LogP contribution in [0.5, 0.6) is 0 Å². The van der Waals surface area contributed by atoms with E-state index in [0.29, 0.717) is 19.3 Å². The molecule has 1 atom stereocenters. The van der Waals surface area contributed by atoms with Gasteiger partial charge >= 0.3 is 17.9 Å². The molecular formula is C60H98O6. The van der Waals surface area contributed by atoms with Gasteiger partial charge in [-0.1, -0.05) is 220 Å². The van der Waals surface area contributed by atoms with Crippen molar-refractivity contribution in [3.05, 3.63) is 109 Å².